The van der Waals surface area contributed by atoms with Crippen LogP contribution in [0.25, 0.3) is 11.1 Å². The Morgan fingerprint density at radius 1 is 1.00 bits per heavy atom. The number of carbonyl (C=O) groups is 2. The van der Waals surface area contributed by atoms with Crippen LogP contribution in [0.15, 0.2) is 48.5 Å². The zero-order valence-corrected chi connectivity index (χ0v) is 16.4. The van der Waals surface area contributed by atoms with Gasteiger partial charge in [0.1, 0.15) is 6.61 Å². The predicted octanol–water partition coefficient (Wildman–Crippen LogP) is 4.81. The number of carboxylic acid groups (broad SMARTS) is 1. The summed E-state index contributed by atoms with van der Waals surface area (Å²) in [6.07, 6.45) is 0.979. The van der Waals surface area contributed by atoms with Gasteiger partial charge in [-0.05, 0) is 40.5 Å². The summed E-state index contributed by atoms with van der Waals surface area (Å²) < 4.78 is 5.51. The van der Waals surface area contributed by atoms with Crippen LogP contribution < -0.4 is 5.32 Å². The zero-order chi connectivity index (χ0) is 20.1. The maximum Gasteiger partial charge on any atom is 0.407 e. The Morgan fingerprint density at radius 3 is 2.14 bits per heavy atom. The summed E-state index contributed by atoms with van der Waals surface area (Å²) >= 11 is 0. The first-order valence-electron chi connectivity index (χ1n) is 9.68. The highest BCUT2D eigenvalue weighted by atomic mass is 16.5. The Labute approximate surface area is 165 Å². The number of rotatable bonds is 8. The number of carbonyl (C=O) groups excluding carboxylic acids is 1. The highest BCUT2D eigenvalue weighted by Crippen LogP contribution is 2.44. The third kappa shape index (κ3) is 4.71. The Hall–Kier alpha value is -2.82. The van der Waals surface area contributed by atoms with Crippen LogP contribution in [0.1, 0.15) is 50.2 Å². The van der Waals surface area contributed by atoms with Crippen LogP contribution in [-0.2, 0) is 9.53 Å². The largest absolute Gasteiger partial charge is 0.481 e. The van der Waals surface area contributed by atoms with E-state index in [1.54, 1.807) is 0 Å². The fraction of sp³-hybridized carbons (Fsp3) is 0.391. The van der Waals surface area contributed by atoms with Gasteiger partial charge in [-0.1, -0.05) is 62.4 Å². The van der Waals surface area contributed by atoms with Gasteiger partial charge in [-0.3, -0.25) is 4.79 Å². The zero-order valence-electron chi connectivity index (χ0n) is 16.4. The topological polar surface area (TPSA) is 75.6 Å². The molecule has 28 heavy (non-hydrogen) atoms. The first-order chi connectivity index (χ1) is 13.4. The van der Waals surface area contributed by atoms with Gasteiger partial charge in [0, 0.05) is 18.9 Å². The fourth-order valence-corrected chi connectivity index (χ4v) is 3.72. The molecular weight excluding hydrogens is 354 g/mol. The molecular formula is C23H27NO4. The van der Waals surface area contributed by atoms with E-state index in [4.69, 9.17) is 9.84 Å². The summed E-state index contributed by atoms with van der Waals surface area (Å²) in [4.78, 5) is 22.9. The number of hydrogen-bond donors (Lipinski definition) is 2. The van der Waals surface area contributed by atoms with Gasteiger partial charge >= 0.3 is 12.1 Å². The Morgan fingerprint density at radius 2 is 1.57 bits per heavy atom. The minimum Gasteiger partial charge on any atom is -0.481 e. The third-order valence-electron chi connectivity index (χ3n) is 5.43. The third-order valence-corrected chi connectivity index (χ3v) is 5.43. The maximum absolute atomic E-state index is 12.1. The highest BCUT2D eigenvalue weighted by Gasteiger charge is 2.29. The van der Waals surface area contributed by atoms with Gasteiger partial charge in [-0.25, -0.2) is 4.79 Å². The van der Waals surface area contributed by atoms with Crippen LogP contribution in [0.3, 0.4) is 0 Å². The first kappa shape index (κ1) is 19.9. The predicted molar refractivity (Wildman–Crippen MR) is 108 cm³/mol. The van der Waals surface area contributed by atoms with Crippen LogP contribution in [0.4, 0.5) is 4.79 Å². The molecule has 5 nitrogen and oxygen atoms in total. The van der Waals surface area contributed by atoms with E-state index >= 15 is 0 Å². The quantitative estimate of drug-likeness (QED) is 0.688. The molecule has 0 saturated heterocycles. The lowest BCUT2D eigenvalue weighted by Crippen LogP contribution is -2.30. The van der Waals surface area contributed by atoms with Crippen LogP contribution in [0.5, 0.6) is 0 Å². The van der Waals surface area contributed by atoms with Crippen molar-refractivity contribution in [1.82, 2.24) is 5.32 Å². The number of ether oxygens (including phenoxy) is 1. The first-order valence-corrected chi connectivity index (χ1v) is 9.68. The molecule has 0 bridgehead atoms. The minimum atomic E-state index is -0.794. The molecule has 0 spiro atoms. The van der Waals surface area contributed by atoms with Crippen LogP contribution in [0, 0.1) is 5.41 Å². The average Bonchev–Trinajstić information content (AvgIpc) is 2.99. The molecule has 2 N–H and O–H groups in total. The monoisotopic (exact) mass is 381 g/mol. The van der Waals surface area contributed by atoms with Gasteiger partial charge in [0.2, 0.25) is 0 Å². The second kappa shape index (κ2) is 8.46. The molecule has 1 amide bonds. The van der Waals surface area contributed by atoms with Crippen molar-refractivity contribution in [3.63, 3.8) is 0 Å². The summed E-state index contributed by atoms with van der Waals surface area (Å²) in [6.45, 7) is 4.77. The molecule has 2 aromatic rings. The number of fused-ring (bicyclic) bond motifs is 3. The standard InChI is InChI=1S/C23H27NO4/c1-23(2,12-11-21(25)26)13-14-24-22(27)28-15-20-18-9-5-3-7-16(18)17-8-4-6-10-19(17)20/h3-10,20H,11-15H2,1-2H3,(H,24,27)(H,25,26). The second-order valence-corrected chi connectivity index (χ2v) is 8.06. The summed E-state index contributed by atoms with van der Waals surface area (Å²) in [5, 5.41) is 11.6. The lowest BCUT2D eigenvalue weighted by molar-refractivity contribution is -0.137. The number of carboxylic acids is 1. The number of nitrogens with one attached hydrogen (secondary N) is 1. The molecule has 0 radical (unpaired) electrons. The van der Waals surface area contributed by atoms with Crippen molar-refractivity contribution in [3.8, 4) is 11.1 Å². The van der Waals surface area contributed by atoms with Crippen LogP contribution >= 0.6 is 0 Å². The smallest absolute Gasteiger partial charge is 0.407 e. The number of amides is 1. The van der Waals surface area contributed by atoms with Crippen LogP contribution in [-0.4, -0.2) is 30.3 Å². The van der Waals surface area contributed by atoms with Gasteiger partial charge < -0.3 is 15.2 Å². The number of benzene rings is 2. The molecule has 1 aliphatic rings. The molecule has 5 heteroatoms. The van der Waals surface area contributed by atoms with Gasteiger partial charge in [0.15, 0.2) is 0 Å². The molecule has 148 valence electrons. The van der Waals surface area contributed by atoms with Crippen molar-refractivity contribution in [2.45, 2.75) is 39.0 Å². The van der Waals surface area contributed by atoms with Crippen molar-refractivity contribution in [2.75, 3.05) is 13.2 Å². The normalized spacial score (nSPS) is 12.9. The van der Waals surface area contributed by atoms with Gasteiger partial charge in [-0.15, -0.1) is 0 Å². The van der Waals surface area contributed by atoms with E-state index in [2.05, 4.69) is 29.6 Å². The molecule has 0 fully saturated rings. The SMILES string of the molecule is CC(C)(CCNC(=O)OCC1c2ccccc2-c2ccccc21)CCC(=O)O. The van der Waals surface area contributed by atoms with E-state index in [-0.39, 0.29) is 17.8 Å². The van der Waals surface area contributed by atoms with Crippen molar-refractivity contribution < 1.29 is 19.4 Å². The second-order valence-electron chi connectivity index (χ2n) is 8.06. The van der Waals surface area contributed by atoms with E-state index in [0.717, 1.165) is 0 Å². The van der Waals surface area contributed by atoms with Gasteiger partial charge in [-0.2, -0.15) is 0 Å². The highest BCUT2D eigenvalue weighted by molar-refractivity contribution is 5.79. The molecule has 0 heterocycles. The molecule has 0 unspecified atom stereocenters. The Kier molecular flexibility index (Phi) is 6.02. The van der Waals surface area contributed by atoms with E-state index in [1.165, 1.54) is 22.3 Å². The molecule has 3 rings (SSSR count). The molecule has 2 aromatic carbocycles. The Bertz CT molecular complexity index is 814. The lowest BCUT2D eigenvalue weighted by Gasteiger charge is -2.23. The Balaban J connectivity index is 1.52. The van der Waals surface area contributed by atoms with E-state index in [1.807, 2.05) is 38.1 Å². The van der Waals surface area contributed by atoms with Crippen molar-refractivity contribution >= 4 is 12.1 Å². The fourth-order valence-electron chi connectivity index (χ4n) is 3.72. The number of alkyl carbamates (subject to hydrolysis) is 1. The van der Waals surface area contributed by atoms with Crippen LogP contribution in [0.2, 0.25) is 0 Å². The van der Waals surface area contributed by atoms with E-state index in [0.29, 0.717) is 26.0 Å². The maximum atomic E-state index is 12.1. The number of hydrogen-bond acceptors (Lipinski definition) is 3. The van der Waals surface area contributed by atoms with Gasteiger partial charge in [0.05, 0.1) is 0 Å². The van der Waals surface area contributed by atoms with E-state index < -0.39 is 12.1 Å². The van der Waals surface area contributed by atoms with Crippen molar-refractivity contribution in [2.24, 2.45) is 5.41 Å². The minimum absolute atomic E-state index is 0.0464. The summed E-state index contributed by atoms with van der Waals surface area (Å²) in [7, 11) is 0. The summed E-state index contributed by atoms with van der Waals surface area (Å²) in [6, 6.07) is 16.5. The molecule has 0 aromatic heterocycles. The van der Waals surface area contributed by atoms with Crippen molar-refractivity contribution in [1.29, 1.82) is 0 Å². The van der Waals surface area contributed by atoms with Gasteiger partial charge in [0.25, 0.3) is 0 Å². The van der Waals surface area contributed by atoms with E-state index in [9.17, 15) is 9.59 Å². The van der Waals surface area contributed by atoms with Crippen molar-refractivity contribution in [3.05, 3.63) is 59.7 Å². The molecule has 0 saturated carbocycles. The average molecular weight is 381 g/mol. The molecule has 1 aliphatic carbocycles. The summed E-state index contributed by atoms with van der Waals surface area (Å²) in [5.41, 5.74) is 4.63. The lowest BCUT2D eigenvalue weighted by atomic mass is 9.84. The summed E-state index contributed by atoms with van der Waals surface area (Å²) in [5.74, 6) is -0.747. The molecule has 0 atom stereocenters. The molecule has 0 aliphatic heterocycles. The number of aliphatic carboxylic acids is 1.